The number of carbonyl (C=O) groups excluding carboxylic acids is 2. The van der Waals surface area contributed by atoms with E-state index in [1.807, 2.05) is 32.0 Å². The Balaban J connectivity index is 2.17. The van der Waals surface area contributed by atoms with Gasteiger partial charge in [-0.05, 0) is 26.0 Å². The van der Waals surface area contributed by atoms with Gasteiger partial charge in [0.05, 0.1) is 16.8 Å². The summed E-state index contributed by atoms with van der Waals surface area (Å²) >= 11 is 1.51. The lowest BCUT2D eigenvalue weighted by Crippen LogP contribution is -2.29. The highest BCUT2D eigenvalue weighted by molar-refractivity contribution is 7.12. The Hall–Kier alpha value is -1.94. The fourth-order valence-electron chi connectivity index (χ4n) is 2.33. The Morgan fingerprint density at radius 1 is 0.889 bits per heavy atom. The maximum absolute atomic E-state index is 12.4. The van der Waals surface area contributed by atoms with Crippen molar-refractivity contribution in [1.29, 1.82) is 0 Å². The predicted molar refractivity (Wildman–Crippen MR) is 71.4 cm³/mol. The Bertz CT molecular complexity index is 621. The first-order chi connectivity index (χ1) is 8.61. The van der Waals surface area contributed by atoms with Crippen LogP contribution in [-0.2, 0) is 0 Å². The second kappa shape index (κ2) is 3.78. The number of thiophene rings is 1. The molecule has 0 radical (unpaired) electrons. The molecule has 3 rings (SSSR count). The Morgan fingerprint density at radius 2 is 1.39 bits per heavy atom. The number of hydrogen-bond acceptors (Lipinski definition) is 3. The molecule has 90 valence electrons. The number of fused-ring (bicyclic) bond motifs is 1. The molecule has 4 heteroatoms. The molecule has 0 spiro atoms. The van der Waals surface area contributed by atoms with Gasteiger partial charge in [-0.3, -0.25) is 9.59 Å². The molecule has 1 aromatic carbocycles. The molecule has 0 saturated carbocycles. The van der Waals surface area contributed by atoms with Crippen molar-refractivity contribution in [3.63, 3.8) is 0 Å². The second-order valence-corrected chi connectivity index (χ2v) is 5.67. The molecule has 0 aliphatic carbocycles. The van der Waals surface area contributed by atoms with Crippen molar-refractivity contribution in [1.82, 2.24) is 0 Å². The van der Waals surface area contributed by atoms with Gasteiger partial charge >= 0.3 is 0 Å². The van der Waals surface area contributed by atoms with Crippen LogP contribution in [0.25, 0.3) is 0 Å². The third-order valence-corrected chi connectivity index (χ3v) is 4.13. The van der Waals surface area contributed by atoms with Crippen LogP contribution in [0.3, 0.4) is 0 Å². The molecule has 0 bridgehead atoms. The Kier molecular flexibility index (Phi) is 2.35. The van der Waals surface area contributed by atoms with E-state index < -0.39 is 0 Å². The molecular weight excluding hydrogens is 246 g/mol. The van der Waals surface area contributed by atoms with Crippen LogP contribution in [-0.4, -0.2) is 11.8 Å². The van der Waals surface area contributed by atoms with Gasteiger partial charge in [-0.15, -0.1) is 11.3 Å². The van der Waals surface area contributed by atoms with E-state index in [4.69, 9.17) is 0 Å². The third kappa shape index (κ3) is 1.36. The Labute approximate surface area is 109 Å². The number of para-hydroxylation sites is 1. The van der Waals surface area contributed by atoms with Gasteiger partial charge in [0.15, 0.2) is 0 Å². The van der Waals surface area contributed by atoms with Gasteiger partial charge in [-0.2, -0.15) is 0 Å². The number of carbonyl (C=O) groups is 2. The minimum absolute atomic E-state index is 0.206. The average Bonchev–Trinajstić information content (AvgIpc) is 2.79. The molecule has 0 N–H and O–H groups in total. The minimum Gasteiger partial charge on any atom is -0.268 e. The van der Waals surface area contributed by atoms with Crippen molar-refractivity contribution in [2.75, 3.05) is 4.90 Å². The number of hydrogen-bond donors (Lipinski definition) is 0. The molecule has 1 aromatic heterocycles. The van der Waals surface area contributed by atoms with Gasteiger partial charge in [-0.25, -0.2) is 4.90 Å². The lowest BCUT2D eigenvalue weighted by Gasteiger charge is -2.14. The summed E-state index contributed by atoms with van der Waals surface area (Å²) in [6.45, 7) is 3.77. The number of nitrogens with zero attached hydrogens (tertiary/aromatic N) is 1. The van der Waals surface area contributed by atoms with Crippen molar-refractivity contribution in [3.8, 4) is 0 Å². The third-order valence-electron chi connectivity index (χ3n) is 3.11. The molecule has 0 saturated heterocycles. The largest absolute Gasteiger partial charge is 0.268 e. The lowest BCUT2D eigenvalue weighted by atomic mass is 10.1. The van der Waals surface area contributed by atoms with E-state index in [0.29, 0.717) is 16.8 Å². The van der Waals surface area contributed by atoms with Crippen LogP contribution in [0.5, 0.6) is 0 Å². The highest BCUT2D eigenvalue weighted by Gasteiger charge is 2.40. The number of rotatable bonds is 1. The summed E-state index contributed by atoms with van der Waals surface area (Å²) in [7, 11) is 0. The van der Waals surface area contributed by atoms with Crippen LogP contribution >= 0.6 is 11.3 Å². The zero-order chi connectivity index (χ0) is 12.9. The second-order valence-electron chi connectivity index (χ2n) is 4.25. The topological polar surface area (TPSA) is 37.4 Å². The smallest absolute Gasteiger partial charge is 0.267 e. The molecule has 3 nitrogen and oxygen atoms in total. The highest BCUT2D eigenvalue weighted by atomic mass is 32.1. The van der Waals surface area contributed by atoms with E-state index in [1.165, 1.54) is 16.2 Å². The molecule has 2 amide bonds. The lowest BCUT2D eigenvalue weighted by molar-refractivity contribution is 0.0926. The van der Waals surface area contributed by atoms with E-state index in [9.17, 15) is 9.59 Å². The van der Waals surface area contributed by atoms with Gasteiger partial charge in [0.1, 0.15) is 0 Å². The van der Waals surface area contributed by atoms with E-state index in [2.05, 4.69) is 0 Å². The molecule has 0 unspecified atom stereocenters. The van der Waals surface area contributed by atoms with Crippen molar-refractivity contribution < 1.29 is 9.59 Å². The molecule has 2 heterocycles. The van der Waals surface area contributed by atoms with E-state index in [0.717, 1.165) is 9.75 Å². The standard InChI is InChI=1S/C14H11NO2S/c1-8-11-12(9(2)18-8)14(17)15(13(11)16)10-6-4-3-5-7-10/h3-7H,1-2H3. The number of imide groups is 1. The first kappa shape index (κ1) is 11.2. The number of aryl methyl sites for hydroxylation is 2. The summed E-state index contributed by atoms with van der Waals surface area (Å²) in [5.74, 6) is -0.411. The molecule has 0 fully saturated rings. The summed E-state index contributed by atoms with van der Waals surface area (Å²) in [5, 5.41) is 0. The number of benzene rings is 1. The molecular formula is C14H11NO2S. The SMILES string of the molecule is Cc1sc(C)c2c1C(=O)N(c1ccccc1)C2=O. The summed E-state index contributed by atoms with van der Waals surface area (Å²) in [6, 6.07) is 9.05. The first-order valence-electron chi connectivity index (χ1n) is 5.65. The van der Waals surface area contributed by atoms with Crippen LogP contribution in [0.1, 0.15) is 30.5 Å². The summed E-state index contributed by atoms with van der Waals surface area (Å²) in [4.78, 5) is 27.8. The van der Waals surface area contributed by atoms with Gasteiger partial charge in [0.2, 0.25) is 0 Å². The van der Waals surface area contributed by atoms with Gasteiger partial charge < -0.3 is 0 Å². The Morgan fingerprint density at radius 3 is 1.89 bits per heavy atom. The normalized spacial score (nSPS) is 14.2. The maximum atomic E-state index is 12.4. The van der Waals surface area contributed by atoms with Crippen LogP contribution in [0.15, 0.2) is 30.3 Å². The van der Waals surface area contributed by atoms with Gasteiger partial charge in [0.25, 0.3) is 11.8 Å². The molecule has 18 heavy (non-hydrogen) atoms. The van der Waals surface area contributed by atoms with E-state index in [1.54, 1.807) is 12.1 Å². The maximum Gasteiger partial charge on any atom is 0.267 e. The van der Waals surface area contributed by atoms with Crippen molar-refractivity contribution in [3.05, 3.63) is 51.2 Å². The van der Waals surface area contributed by atoms with Crippen LogP contribution in [0.2, 0.25) is 0 Å². The summed E-state index contributed by atoms with van der Waals surface area (Å²) in [6.07, 6.45) is 0. The number of anilines is 1. The van der Waals surface area contributed by atoms with Crippen molar-refractivity contribution in [2.45, 2.75) is 13.8 Å². The molecule has 0 atom stereocenters. The van der Waals surface area contributed by atoms with Gasteiger partial charge in [-0.1, -0.05) is 18.2 Å². The van der Waals surface area contributed by atoms with Crippen molar-refractivity contribution in [2.24, 2.45) is 0 Å². The first-order valence-corrected chi connectivity index (χ1v) is 6.46. The van der Waals surface area contributed by atoms with Crippen molar-refractivity contribution >= 4 is 28.8 Å². The predicted octanol–water partition coefficient (Wildman–Crippen LogP) is 3.17. The van der Waals surface area contributed by atoms with E-state index >= 15 is 0 Å². The fraction of sp³-hybridized carbons (Fsp3) is 0.143. The summed E-state index contributed by atoms with van der Waals surface area (Å²) in [5.41, 5.74) is 1.78. The van der Waals surface area contributed by atoms with Crippen LogP contribution in [0.4, 0.5) is 5.69 Å². The average molecular weight is 257 g/mol. The van der Waals surface area contributed by atoms with E-state index in [-0.39, 0.29) is 11.8 Å². The highest BCUT2D eigenvalue weighted by Crippen LogP contribution is 2.36. The molecule has 1 aliphatic rings. The van der Waals surface area contributed by atoms with Gasteiger partial charge in [0, 0.05) is 9.75 Å². The zero-order valence-electron chi connectivity index (χ0n) is 10.1. The molecule has 1 aliphatic heterocycles. The minimum atomic E-state index is -0.206. The monoisotopic (exact) mass is 257 g/mol. The zero-order valence-corrected chi connectivity index (χ0v) is 10.9. The van der Waals surface area contributed by atoms with Crippen LogP contribution in [0, 0.1) is 13.8 Å². The number of amides is 2. The fourth-order valence-corrected chi connectivity index (χ4v) is 3.37. The van der Waals surface area contributed by atoms with Crippen LogP contribution < -0.4 is 4.90 Å². The summed E-state index contributed by atoms with van der Waals surface area (Å²) < 4.78 is 0. The quantitative estimate of drug-likeness (QED) is 0.736. The molecule has 2 aromatic rings.